The average molecular weight is 606 g/mol. The van der Waals surface area contributed by atoms with Gasteiger partial charge in [-0.1, -0.05) is 69.7 Å². The Morgan fingerprint density at radius 2 is 1.48 bits per heavy atom. The molecule has 0 fully saturated rings. The summed E-state index contributed by atoms with van der Waals surface area (Å²) in [6, 6.07) is 16.6. The number of rotatable bonds is 4. The van der Waals surface area contributed by atoms with Crippen LogP contribution in [-0.4, -0.2) is 28.3 Å². The molecule has 0 saturated heterocycles. The van der Waals surface area contributed by atoms with Crippen molar-refractivity contribution in [2.75, 3.05) is 7.11 Å². The summed E-state index contributed by atoms with van der Waals surface area (Å²) in [5.74, 6) is -0.682. The second kappa shape index (κ2) is 22.7. The van der Waals surface area contributed by atoms with Crippen molar-refractivity contribution in [3.05, 3.63) is 67.0 Å². The molecule has 2 aromatic carbocycles. The number of para-hydroxylation sites is 1. The molecule has 29 heavy (non-hydrogen) atoms. The van der Waals surface area contributed by atoms with Gasteiger partial charge >= 0.3 is 34.2 Å². The van der Waals surface area contributed by atoms with E-state index in [-0.39, 0.29) is 19.7 Å². The quantitative estimate of drug-likeness (QED) is 0.236. The Bertz CT molecular complexity index is 721. The summed E-state index contributed by atoms with van der Waals surface area (Å²) in [4.78, 5) is 14.3. The molecular formula is C21H33ClN3O3Pt-2. The van der Waals surface area contributed by atoms with E-state index in [1.54, 1.807) is 18.8 Å². The van der Waals surface area contributed by atoms with Crippen molar-refractivity contribution in [3.8, 4) is 0 Å². The molecule has 0 aliphatic carbocycles. The van der Waals surface area contributed by atoms with Crippen molar-refractivity contribution >= 4 is 37.1 Å². The Hall–Kier alpha value is -1.56. The number of carboxylic acids is 1. The van der Waals surface area contributed by atoms with Crippen molar-refractivity contribution in [2.45, 2.75) is 40.0 Å². The van der Waals surface area contributed by atoms with Gasteiger partial charge in [-0.05, 0) is 17.9 Å². The van der Waals surface area contributed by atoms with Crippen LogP contribution in [0.4, 0.5) is 0 Å². The number of aliphatic hydroxyl groups excluding tert-OH is 1. The molecule has 0 saturated carbocycles. The van der Waals surface area contributed by atoms with Crippen LogP contribution in [0.1, 0.15) is 40.0 Å². The normalized spacial score (nSPS) is 8.21. The first-order valence-corrected chi connectivity index (χ1v) is 11.0. The van der Waals surface area contributed by atoms with Gasteiger partial charge in [-0.3, -0.25) is 9.78 Å². The number of nitrogens with two attached hydrogens (primary N) is 2. The Morgan fingerprint density at radius 1 is 0.966 bits per heavy atom. The largest absolute Gasteiger partial charge is 0.693 e. The van der Waals surface area contributed by atoms with E-state index in [0.717, 1.165) is 31.9 Å². The Kier molecular flexibility index (Phi) is 27.4. The zero-order valence-corrected chi connectivity index (χ0v) is 19.2. The fourth-order valence-corrected chi connectivity index (χ4v) is 2.33. The number of aliphatic carboxylic acids is 1. The van der Waals surface area contributed by atoms with Gasteiger partial charge in [-0.15, -0.1) is 0 Å². The number of carboxylic acid groups (broad SMARTS) is 1. The monoisotopic (exact) mass is 605 g/mol. The fraction of sp³-hybridized carbons (Fsp3) is 0.333. The minimum Gasteiger partial charge on any atom is -0.693 e. The smallest absolute Gasteiger partial charge is 0.0708 e. The molecule has 3 aromatic rings. The predicted molar refractivity (Wildman–Crippen MR) is 122 cm³/mol. The van der Waals surface area contributed by atoms with Crippen molar-refractivity contribution < 1.29 is 33.8 Å². The number of carbonyl (C=O) groups is 1. The van der Waals surface area contributed by atoms with Crippen molar-refractivity contribution in [1.82, 2.24) is 4.98 Å². The molecule has 0 spiro atoms. The number of hydrogen-bond acceptors (Lipinski definition) is 3. The maximum absolute atomic E-state index is 9.87. The SMILES string of the molecule is C.CCCCCC(=O)O.CO.[Cl][Pt].[NH2-].[NH2-].c1ccc2c(c1)cnc1ccccc12. The van der Waals surface area contributed by atoms with Gasteiger partial charge in [0.15, 0.2) is 0 Å². The third-order valence-electron chi connectivity index (χ3n) is 3.49. The van der Waals surface area contributed by atoms with Gasteiger partial charge in [0.1, 0.15) is 0 Å². The van der Waals surface area contributed by atoms with Crippen LogP contribution < -0.4 is 0 Å². The van der Waals surface area contributed by atoms with Crippen LogP contribution in [0.2, 0.25) is 0 Å². The molecule has 0 unspecified atom stereocenters. The summed E-state index contributed by atoms with van der Waals surface area (Å²) in [6.07, 6.45) is 5.21. The molecule has 0 aliphatic rings. The Balaban J connectivity index is -0.000000184. The van der Waals surface area contributed by atoms with Gasteiger partial charge in [0, 0.05) is 30.5 Å². The molecule has 1 heterocycles. The zero-order valence-electron chi connectivity index (χ0n) is 16.1. The molecule has 0 aliphatic heterocycles. The number of unbranched alkanes of at least 4 members (excludes halogenated alkanes) is 2. The third kappa shape index (κ3) is 13.3. The number of hydrogen-bond donors (Lipinski definition) is 2. The summed E-state index contributed by atoms with van der Waals surface area (Å²) in [7, 11) is 5.61. The molecule has 6 nitrogen and oxygen atoms in total. The van der Waals surface area contributed by atoms with E-state index >= 15 is 0 Å². The van der Waals surface area contributed by atoms with Gasteiger partial charge in [0.25, 0.3) is 0 Å². The van der Waals surface area contributed by atoms with Gasteiger partial charge in [-0.25, -0.2) is 0 Å². The van der Waals surface area contributed by atoms with E-state index in [1.165, 1.54) is 16.2 Å². The van der Waals surface area contributed by atoms with Gasteiger partial charge in [0.2, 0.25) is 0 Å². The molecule has 1 aromatic heterocycles. The number of halogens is 1. The van der Waals surface area contributed by atoms with Crippen LogP contribution in [0.25, 0.3) is 34.0 Å². The van der Waals surface area contributed by atoms with Gasteiger partial charge in [0.05, 0.1) is 5.52 Å². The van der Waals surface area contributed by atoms with Crippen LogP contribution in [0, 0.1) is 0 Å². The fourth-order valence-electron chi connectivity index (χ4n) is 2.33. The molecular weight excluding hydrogens is 573 g/mol. The Labute approximate surface area is 189 Å². The number of nitrogens with zero attached hydrogens (tertiary/aromatic N) is 1. The van der Waals surface area contributed by atoms with Crippen molar-refractivity contribution in [1.29, 1.82) is 0 Å². The average Bonchev–Trinajstić information content (AvgIpc) is 2.71. The number of benzene rings is 2. The van der Waals surface area contributed by atoms with E-state index in [9.17, 15) is 4.79 Å². The zero-order chi connectivity index (χ0) is 19.8. The summed E-state index contributed by atoms with van der Waals surface area (Å²) in [6.45, 7) is 2.06. The first-order chi connectivity index (χ1) is 12.7. The topological polar surface area (TPSA) is 137 Å². The van der Waals surface area contributed by atoms with Crippen LogP contribution in [0.3, 0.4) is 0 Å². The number of fused-ring (bicyclic) bond motifs is 3. The van der Waals surface area contributed by atoms with Crippen molar-refractivity contribution in [3.63, 3.8) is 0 Å². The van der Waals surface area contributed by atoms with Crippen LogP contribution >= 0.6 is 9.42 Å². The summed E-state index contributed by atoms with van der Waals surface area (Å²) in [5.41, 5.74) is 1.06. The molecule has 169 valence electrons. The molecule has 0 bridgehead atoms. The minimum atomic E-state index is -0.682. The first kappa shape index (κ1) is 34.9. The molecule has 0 amide bonds. The van der Waals surface area contributed by atoms with Crippen LogP contribution in [0.5, 0.6) is 0 Å². The maximum Gasteiger partial charge on any atom is 0.0708 e. The first-order valence-electron chi connectivity index (χ1n) is 8.23. The second-order valence-electron chi connectivity index (χ2n) is 5.21. The van der Waals surface area contributed by atoms with E-state index in [1.807, 2.05) is 24.4 Å². The van der Waals surface area contributed by atoms with Crippen LogP contribution in [-0.2, 0) is 23.6 Å². The molecule has 3 rings (SSSR count). The number of pyridine rings is 1. The third-order valence-corrected chi connectivity index (χ3v) is 3.49. The molecule has 6 N–H and O–H groups in total. The van der Waals surface area contributed by atoms with E-state index < -0.39 is 5.97 Å². The maximum atomic E-state index is 9.87. The van der Waals surface area contributed by atoms with Crippen molar-refractivity contribution in [2.24, 2.45) is 0 Å². The predicted octanol–water partition coefficient (Wildman–Crippen LogP) is 7.41. The van der Waals surface area contributed by atoms with Gasteiger partial charge < -0.3 is 22.5 Å². The van der Waals surface area contributed by atoms with Crippen LogP contribution in [0.15, 0.2) is 54.7 Å². The van der Waals surface area contributed by atoms with Gasteiger partial charge in [-0.2, -0.15) is 0 Å². The Morgan fingerprint density at radius 3 is 2.03 bits per heavy atom. The van der Waals surface area contributed by atoms with E-state index in [2.05, 4.69) is 51.7 Å². The summed E-state index contributed by atoms with van der Waals surface area (Å²) < 4.78 is 0. The standard InChI is InChI=1S/C13H9N.C6H12O2.CH4O.CH4.ClH.2H2N.Pt/c1-2-6-11-10(5-1)9-14-13-8-4-3-7-12(11)13;1-2-3-4-5-6(7)8;1-2;;;;;/h1-9H;2-5H2,1H3,(H,7,8);2H,1H3;1H4;1H;2*1H2;/q;;;;;2*-1;+1/p-1. The minimum absolute atomic E-state index is 0. The number of aromatic nitrogens is 1. The molecule has 0 atom stereocenters. The molecule has 8 heteroatoms. The number of aliphatic hydroxyl groups is 1. The second-order valence-corrected chi connectivity index (χ2v) is 5.21. The van der Waals surface area contributed by atoms with E-state index in [0.29, 0.717) is 6.42 Å². The van der Waals surface area contributed by atoms with E-state index in [4.69, 9.17) is 10.2 Å². The summed E-state index contributed by atoms with van der Waals surface area (Å²) in [5, 5.41) is 18.8. The molecule has 0 radical (unpaired) electrons. The summed E-state index contributed by atoms with van der Waals surface area (Å²) >= 11 is 1.61.